The number of nitrogens with zero attached hydrogens (tertiary/aromatic N) is 2. The molecule has 0 saturated heterocycles. The zero-order valence-electron chi connectivity index (χ0n) is 27.6. The third kappa shape index (κ3) is 8.11. The fourth-order valence-corrected chi connectivity index (χ4v) is 5.89. The van der Waals surface area contributed by atoms with Crippen LogP contribution in [0.1, 0.15) is 57.9 Å². The molecule has 248 valence electrons. The van der Waals surface area contributed by atoms with E-state index in [1.54, 1.807) is 0 Å². The minimum atomic E-state index is 0.699. The molecule has 0 bridgehead atoms. The number of nitrogens with two attached hydrogens (primary N) is 2. The Bertz CT molecular complexity index is 2030. The first kappa shape index (κ1) is 32.0. The van der Waals surface area contributed by atoms with Crippen LogP contribution < -0.4 is 20.9 Å². The number of aromatic amines is 2. The van der Waals surface area contributed by atoms with E-state index in [9.17, 15) is 0 Å². The molecule has 6 aromatic rings. The van der Waals surface area contributed by atoms with Gasteiger partial charge in [0.25, 0.3) is 0 Å². The molecule has 0 spiro atoms. The predicted octanol–water partition coefficient (Wildman–Crippen LogP) is 9.06. The number of allylic oxidation sites excluding steroid dienone is 2. The number of hydrogen-bond acceptors (Lipinski definition) is 6. The van der Waals surface area contributed by atoms with E-state index in [0.717, 1.165) is 82.6 Å². The van der Waals surface area contributed by atoms with Gasteiger partial charge in [0.15, 0.2) is 0 Å². The first-order valence-corrected chi connectivity index (χ1v) is 16.6. The second-order valence-corrected chi connectivity index (χ2v) is 12.1. The van der Waals surface area contributed by atoms with E-state index >= 15 is 0 Å². The molecule has 2 heterocycles. The van der Waals surface area contributed by atoms with Crippen LogP contribution in [0.4, 0.5) is 11.4 Å². The number of nitrogens with one attached hydrogen (secondary N) is 2. The first-order chi connectivity index (χ1) is 24.6. The maximum Gasteiger partial charge on any atom is 0.128 e. The van der Waals surface area contributed by atoms with Gasteiger partial charge >= 0.3 is 0 Å². The summed E-state index contributed by atoms with van der Waals surface area (Å²) >= 11 is 0. The van der Waals surface area contributed by atoms with Gasteiger partial charge in [-0.05, 0) is 60.4 Å². The van der Waals surface area contributed by atoms with Crippen LogP contribution >= 0.6 is 0 Å². The zero-order chi connectivity index (χ0) is 34.1. The highest BCUT2D eigenvalue weighted by atomic mass is 16.5. The highest BCUT2D eigenvalue weighted by Crippen LogP contribution is 2.30. The third-order valence-electron chi connectivity index (χ3n) is 8.40. The highest BCUT2D eigenvalue weighted by molar-refractivity contribution is 5.73. The van der Waals surface area contributed by atoms with Crippen LogP contribution in [0.2, 0.25) is 0 Å². The Hall–Kier alpha value is -6.54. The lowest BCUT2D eigenvalue weighted by molar-refractivity contribution is 0.406. The molecule has 8 nitrogen and oxygen atoms in total. The smallest absolute Gasteiger partial charge is 0.128 e. The van der Waals surface area contributed by atoms with Crippen molar-refractivity contribution in [2.45, 2.75) is 25.7 Å². The van der Waals surface area contributed by atoms with Crippen LogP contribution in [0.25, 0.3) is 36.5 Å². The van der Waals surface area contributed by atoms with Crippen LogP contribution in [0, 0.1) is 0 Å². The van der Waals surface area contributed by atoms with Crippen molar-refractivity contribution >= 4 is 47.8 Å². The molecule has 2 aliphatic rings. The summed E-state index contributed by atoms with van der Waals surface area (Å²) in [6.45, 7) is 0. The van der Waals surface area contributed by atoms with Gasteiger partial charge in [0.1, 0.15) is 23.0 Å². The Morgan fingerprint density at radius 2 is 0.940 bits per heavy atom. The standard InChI is InChI=1S/2C21H19N3O/c2*22-16-7-4-8-17(13-16)25-18-10-11-19-20(23-24-21(19)14-18)12-9-15-5-2-1-3-6-15/h2*1-9,12-14H,10-11,22H2,(H,23,24)/b2*12-9+. The second kappa shape index (κ2) is 15.1. The number of fused-ring (bicyclic) bond motifs is 2. The van der Waals surface area contributed by atoms with Gasteiger partial charge in [0.05, 0.1) is 22.8 Å². The van der Waals surface area contributed by atoms with E-state index in [0.29, 0.717) is 11.4 Å². The second-order valence-electron chi connectivity index (χ2n) is 12.1. The number of nitrogen functional groups attached to an aromatic ring is 2. The summed E-state index contributed by atoms with van der Waals surface area (Å²) in [5.41, 5.74) is 21.8. The predicted molar refractivity (Wildman–Crippen MR) is 203 cm³/mol. The summed E-state index contributed by atoms with van der Waals surface area (Å²) in [6, 6.07) is 35.4. The monoisotopic (exact) mass is 658 g/mol. The van der Waals surface area contributed by atoms with E-state index in [2.05, 4.69) is 69.0 Å². The van der Waals surface area contributed by atoms with Crippen LogP contribution in [0.15, 0.2) is 121 Å². The average Bonchev–Trinajstić information content (AvgIpc) is 3.74. The lowest BCUT2D eigenvalue weighted by atomic mass is 9.99. The summed E-state index contributed by atoms with van der Waals surface area (Å²) in [5.74, 6) is 3.36. The molecule has 8 rings (SSSR count). The van der Waals surface area contributed by atoms with Crippen molar-refractivity contribution in [1.82, 2.24) is 20.4 Å². The zero-order valence-corrected chi connectivity index (χ0v) is 27.6. The molecule has 6 N–H and O–H groups in total. The average molecular weight is 659 g/mol. The topological polar surface area (TPSA) is 128 Å². The maximum atomic E-state index is 5.95. The number of aromatic nitrogens is 4. The van der Waals surface area contributed by atoms with E-state index in [1.807, 2.05) is 97.1 Å². The van der Waals surface area contributed by atoms with Gasteiger partial charge in [-0.15, -0.1) is 0 Å². The maximum absolute atomic E-state index is 5.95. The fourth-order valence-electron chi connectivity index (χ4n) is 5.89. The molecule has 4 aromatic carbocycles. The Morgan fingerprint density at radius 1 is 0.500 bits per heavy atom. The molecule has 2 aromatic heterocycles. The van der Waals surface area contributed by atoms with Gasteiger partial charge in [0, 0.05) is 59.6 Å². The summed E-state index contributed by atoms with van der Waals surface area (Å²) < 4.78 is 11.9. The quantitative estimate of drug-likeness (QED) is 0.121. The summed E-state index contributed by atoms with van der Waals surface area (Å²) in [7, 11) is 0. The lowest BCUT2D eigenvalue weighted by Gasteiger charge is -2.15. The number of rotatable bonds is 8. The number of benzene rings is 4. The normalized spacial score (nSPS) is 13.5. The summed E-state index contributed by atoms with van der Waals surface area (Å²) in [6.07, 6.45) is 15.8. The molecule has 0 atom stereocenters. The van der Waals surface area contributed by atoms with Gasteiger partial charge in [-0.25, -0.2) is 0 Å². The Balaban J connectivity index is 0.000000157. The van der Waals surface area contributed by atoms with Crippen molar-refractivity contribution in [2.75, 3.05) is 11.5 Å². The Labute approximate surface area is 291 Å². The van der Waals surface area contributed by atoms with Gasteiger partial charge in [0.2, 0.25) is 0 Å². The molecule has 2 aliphatic carbocycles. The fraction of sp³-hybridized carbons (Fsp3) is 0.0952. The summed E-state index contributed by atoms with van der Waals surface area (Å²) in [4.78, 5) is 0. The van der Waals surface area contributed by atoms with Gasteiger partial charge in [-0.2, -0.15) is 10.2 Å². The molecule has 0 unspecified atom stereocenters. The van der Waals surface area contributed by atoms with Crippen molar-refractivity contribution in [3.63, 3.8) is 0 Å². The number of ether oxygens (including phenoxy) is 2. The molecule has 0 radical (unpaired) electrons. The van der Waals surface area contributed by atoms with Gasteiger partial charge in [-0.3, -0.25) is 10.2 Å². The van der Waals surface area contributed by atoms with Crippen molar-refractivity contribution in [2.24, 2.45) is 0 Å². The molecule has 0 fully saturated rings. The third-order valence-corrected chi connectivity index (χ3v) is 8.40. The number of hydrogen-bond donors (Lipinski definition) is 4. The molecule has 0 aliphatic heterocycles. The summed E-state index contributed by atoms with van der Waals surface area (Å²) in [5, 5.41) is 15.1. The molecular formula is C42H38N6O2. The Kier molecular flexibility index (Phi) is 9.69. The van der Waals surface area contributed by atoms with Crippen LogP contribution in [-0.4, -0.2) is 20.4 Å². The van der Waals surface area contributed by atoms with Crippen molar-refractivity contribution in [1.29, 1.82) is 0 Å². The van der Waals surface area contributed by atoms with Crippen molar-refractivity contribution in [3.05, 3.63) is 166 Å². The number of H-pyrrole nitrogens is 2. The van der Waals surface area contributed by atoms with Crippen LogP contribution in [0.3, 0.4) is 0 Å². The molecule has 0 amide bonds. The molecule has 0 saturated carbocycles. The van der Waals surface area contributed by atoms with Crippen molar-refractivity contribution < 1.29 is 9.47 Å². The molecule has 8 heteroatoms. The molecular weight excluding hydrogens is 621 g/mol. The Morgan fingerprint density at radius 3 is 1.36 bits per heavy atom. The SMILES string of the molecule is Nc1cccc(OC2=Cc3[nH]nc(/C=C/c4ccccc4)c3CC2)c1.Nc1cccc(OC2=Cc3[nH]nc(/C=C/c4ccccc4)c3CC2)c1. The lowest BCUT2D eigenvalue weighted by Crippen LogP contribution is -2.04. The van der Waals surface area contributed by atoms with Crippen LogP contribution in [0.5, 0.6) is 11.5 Å². The van der Waals surface area contributed by atoms with E-state index in [4.69, 9.17) is 20.9 Å². The molecule has 50 heavy (non-hydrogen) atoms. The minimum Gasteiger partial charge on any atom is -0.462 e. The largest absolute Gasteiger partial charge is 0.462 e. The minimum absolute atomic E-state index is 0.699. The first-order valence-electron chi connectivity index (χ1n) is 16.6. The highest BCUT2D eigenvalue weighted by Gasteiger charge is 2.18. The van der Waals surface area contributed by atoms with Gasteiger partial charge < -0.3 is 20.9 Å². The van der Waals surface area contributed by atoms with E-state index < -0.39 is 0 Å². The van der Waals surface area contributed by atoms with Crippen LogP contribution in [-0.2, 0) is 12.8 Å². The number of anilines is 2. The van der Waals surface area contributed by atoms with Gasteiger partial charge in [-0.1, -0.05) is 84.9 Å². The van der Waals surface area contributed by atoms with Crippen molar-refractivity contribution in [3.8, 4) is 11.5 Å². The van der Waals surface area contributed by atoms with E-state index in [-0.39, 0.29) is 0 Å². The van der Waals surface area contributed by atoms with E-state index in [1.165, 1.54) is 11.1 Å².